The molecular weight excluding hydrogens is 316 g/mol. The summed E-state index contributed by atoms with van der Waals surface area (Å²) in [5.74, 6) is 0.655. The van der Waals surface area contributed by atoms with Crippen LogP contribution in [0.3, 0.4) is 0 Å². The number of amides is 1. The van der Waals surface area contributed by atoms with Gasteiger partial charge in [0, 0.05) is 23.5 Å². The van der Waals surface area contributed by atoms with Gasteiger partial charge in [-0.25, -0.2) is 0 Å². The molecule has 0 saturated carbocycles. The molecule has 1 N–H and O–H groups in total. The number of hydrogen-bond donors (Lipinski definition) is 1. The number of carbonyl (C=O) groups is 1. The summed E-state index contributed by atoms with van der Waals surface area (Å²) in [6.45, 7) is 8.18. The third-order valence-corrected chi connectivity index (χ3v) is 5.56. The first-order valence-electron chi connectivity index (χ1n) is 8.71. The van der Waals surface area contributed by atoms with Gasteiger partial charge in [0.15, 0.2) is 0 Å². The minimum Gasteiger partial charge on any atom is -0.352 e. The molecule has 0 radical (unpaired) electrons. The van der Waals surface area contributed by atoms with E-state index < -0.39 is 0 Å². The maximum absolute atomic E-state index is 12.3. The second kappa shape index (κ2) is 7.95. The molecule has 1 amide bonds. The van der Waals surface area contributed by atoms with E-state index in [0.717, 1.165) is 42.9 Å². The van der Waals surface area contributed by atoms with Crippen LogP contribution in [0.1, 0.15) is 39.2 Å². The molecule has 1 saturated heterocycles. The zero-order chi connectivity index (χ0) is 16.9. The van der Waals surface area contributed by atoms with Crippen LogP contribution in [0.15, 0.2) is 35.7 Å². The minimum absolute atomic E-state index is 0.0582. The third kappa shape index (κ3) is 4.68. The topological polar surface area (TPSA) is 32.3 Å². The smallest absolute Gasteiger partial charge is 0.251 e. The lowest BCUT2D eigenvalue weighted by Gasteiger charge is -2.31. The number of thiophene rings is 1. The van der Waals surface area contributed by atoms with Gasteiger partial charge in [-0.1, -0.05) is 23.3 Å². The molecule has 1 aliphatic rings. The quantitative estimate of drug-likeness (QED) is 0.890. The van der Waals surface area contributed by atoms with E-state index in [1.54, 1.807) is 0 Å². The van der Waals surface area contributed by atoms with Crippen molar-refractivity contribution in [3.8, 4) is 0 Å². The summed E-state index contributed by atoms with van der Waals surface area (Å²) in [7, 11) is 0. The Morgan fingerprint density at radius 3 is 2.54 bits per heavy atom. The van der Waals surface area contributed by atoms with Crippen molar-refractivity contribution in [3.63, 3.8) is 0 Å². The highest BCUT2D eigenvalue weighted by molar-refractivity contribution is 7.09. The van der Waals surface area contributed by atoms with E-state index in [1.165, 1.54) is 17.7 Å². The second-order valence-electron chi connectivity index (χ2n) is 6.89. The van der Waals surface area contributed by atoms with Gasteiger partial charge in [-0.3, -0.25) is 9.69 Å². The summed E-state index contributed by atoms with van der Waals surface area (Å²) < 4.78 is 0. The first kappa shape index (κ1) is 17.2. The van der Waals surface area contributed by atoms with E-state index in [9.17, 15) is 4.79 Å². The number of nitrogens with zero attached hydrogens (tertiary/aromatic N) is 1. The molecule has 0 spiro atoms. The Hall–Kier alpha value is -1.65. The molecule has 4 heteroatoms. The molecule has 128 valence electrons. The molecule has 0 unspecified atom stereocenters. The van der Waals surface area contributed by atoms with E-state index in [2.05, 4.69) is 33.8 Å². The van der Waals surface area contributed by atoms with Crippen molar-refractivity contribution < 1.29 is 4.79 Å². The number of carbonyl (C=O) groups excluding carboxylic acids is 1. The van der Waals surface area contributed by atoms with E-state index >= 15 is 0 Å². The van der Waals surface area contributed by atoms with Crippen LogP contribution in [0.25, 0.3) is 0 Å². The Morgan fingerprint density at radius 1 is 1.21 bits per heavy atom. The van der Waals surface area contributed by atoms with Gasteiger partial charge < -0.3 is 5.32 Å². The molecule has 0 aliphatic carbocycles. The van der Waals surface area contributed by atoms with Crippen LogP contribution in [-0.4, -0.2) is 30.4 Å². The van der Waals surface area contributed by atoms with Gasteiger partial charge >= 0.3 is 0 Å². The largest absolute Gasteiger partial charge is 0.352 e. The van der Waals surface area contributed by atoms with Gasteiger partial charge in [-0.2, -0.15) is 0 Å². The number of aryl methyl sites for hydroxylation is 2. The van der Waals surface area contributed by atoms with Crippen LogP contribution in [0.2, 0.25) is 0 Å². The molecule has 24 heavy (non-hydrogen) atoms. The van der Waals surface area contributed by atoms with Gasteiger partial charge in [0.25, 0.3) is 5.91 Å². The highest BCUT2D eigenvalue weighted by Gasteiger charge is 2.20. The van der Waals surface area contributed by atoms with E-state index in [4.69, 9.17) is 0 Å². The van der Waals surface area contributed by atoms with Crippen molar-refractivity contribution in [2.24, 2.45) is 5.92 Å². The van der Waals surface area contributed by atoms with Crippen LogP contribution in [0.5, 0.6) is 0 Å². The first-order chi connectivity index (χ1) is 11.6. The molecule has 0 bridgehead atoms. The Labute approximate surface area is 148 Å². The molecule has 2 heterocycles. The van der Waals surface area contributed by atoms with Gasteiger partial charge in [-0.05, 0) is 69.3 Å². The Bertz CT molecular complexity index is 653. The number of benzene rings is 1. The van der Waals surface area contributed by atoms with Crippen LogP contribution < -0.4 is 5.32 Å². The average molecular weight is 343 g/mol. The Balaban J connectivity index is 1.44. The molecular formula is C20H26N2OS. The zero-order valence-electron chi connectivity index (χ0n) is 14.5. The maximum atomic E-state index is 12.3. The lowest BCUT2D eigenvalue weighted by atomic mass is 9.96. The number of rotatable bonds is 5. The third-order valence-electron chi connectivity index (χ3n) is 4.70. The fourth-order valence-corrected chi connectivity index (χ4v) is 4.16. The molecule has 0 atom stereocenters. The highest BCUT2D eigenvalue weighted by Crippen LogP contribution is 2.20. The SMILES string of the molecule is Cc1cc(C)cc(C(=O)NCC2CCN(Cc3cccs3)CC2)c1. The van der Waals surface area contributed by atoms with E-state index in [1.807, 2.05) is 37.3 Å². The normalized spacial score (nSPS) is 16.2. The lowest BCUT2D eigenvalue weighted by molar-refractivity contribution is 0.0935. The van der Waals surface area contributed by atoms with Gasteiger partial charge in [0.2, 0.25) is 0 Å². The molecule has 1 aliphatic heterocycles. The minimum atomic E-state index is 0.0582. The molecule has 2 aromatic rings. The lowest BCUT2D eigenvalue weighted by Crippen LogP contribution is -2.38. The zero-order valence-corrected chi connectivity index (χ0v) is 15.4. The predicted molar refractivity (Wildman–Crippen MR) is 101 cm³/mol. The van der Waals surface area contributed by atoms with E-state index in [-0.39, 0.29) is 5.91 Å². The summed E-state index contributed by atoms with van der Waals surface area (Å²) in [6, 6.07) is 10.4. The molecule has 1 aromatic heterocycles. The highest BCUT2D eigenvalue weighted by atomic mass is 32.1. The summed E-state index contributed by atoms with van der Waals surface area (Å²) in [5, 5.41) is 5.27. The number of piperidine rings is 1. The Kier molecular flexibility index (Phi) is 5.69. The van der Waals surface area contributed by atoms with Crippen molar-refractivity contribution in [1.82, 2.24) is 10.2 Å². The number of likely N-dealkylation sites (tertiary alicyclic amines) is 1. The van der Waals surface area contributed by atoms with Crippen LogP contribution >= 0.6 is 11.3 Å². The average Bonchev–Trinajstić information content (AvgIpc) is 3.06. The van der Waals surface area contributed by atoms with Crippen molar-refractivity contribution in [3.05, 3.63) is 57.3 Å². The van der Waals surface area contributed by atoms with Crippen molar-refractivity contribution >= 4 is 17.2 Å². The summed E-state index contributed by atoms with van der Waals surface area (Å²) in [5.41, 5.74) is 3.06. The first-order valence-corrected chi connectivity index (χ1v) is 9.59. The number of nitrogens with one attached hydrogen (secondary N) is 1. The Morgan fingerprint density at radius 2 is 1.92 bits per heavy atom. The maximum Gasteiger partial charge on any atom is 0.251 e. The van der Waals surface area contributed by atoms with Gasteiger partial charge in [0.05, 0.1) is 0 Å². The fourth-order valence-electron chi connectivity index (χ4n) is 3.42. The van der Waals surface area contributed by atoms with Crippen LogP contribution in [0.4, 0.5) is 0 Å². The molecule has 1 aromatic carbocycles. The second-order valence-corrected chi connectivity index (χ2v) is 7.92. The predicted octanol–water partition coefficient (Wildman–Crippen LogP) is 4.01. The summed E-state index contributed by atoms with van der Waals surface area (Å²) in [4.78, 5) is 16.3. The van der Waals surface area contributed by atoms with Crippen LogP contribution in [-0.2, 0) is 6.54 Å². The van der Waals surface area contributed by atoms with Crippen molar-refractivity contribution in [2.45, 2.75) is 33.2 Å². The summed E-state index contributed by atoms with van der Waals surface area (Å²) in [6.07, 6.45) is 2.33. The molecule has 3 nitrogen and oxygen atoms in total. The fraction of sp³-hybridized carbons (Fsp3) is 0.450. The molecule has 3 rings (SSSR count). The van der Waals surface area contributed by atoms with E-state index in [0.29, 0.717) is 5.92 Å². The van der Waals surface area contributed by atoms with Crippen molar-refractivity contribution in [1.29, 1.82) is 0 Å². The molecule has 1 fully saturated rings. The number of hydrogen-bond acceptors (Lipinski definition) is 3. The standard InChI is InChI=1S/C20H26N2OS/c1-15-10-16(2)12-18(11-15)20(23)21-13-17-5-7-22(8-6-17)14-19-4-3-9-24-19/h3-4,9-12,17H,5-8,13-14H2,1-2H3,(H,21,23). The van der Waals surface area contributed by atoms with Crippen molar-refractivity contribution in [2.75, 3.05) is 19.6 Å². The summed E-state index contributed by atoms with van der Waals surface area (Å²) >= 11 is 1.83. The van der Waals surface area contributed by atoms with Crippen LogP contribution in [0, 0.1) is 19.8 Å². The van der Waals surface area contributed by atoms with Gasteiger partial charge in [-0.15, -0.1) is 11.3 Å². The van der Waals surface area contributed by atoms with Gasteiger partial charge in [0.1, 0.15) is 0 Å². The monoisotopic (exact) mass is 342 g/mol.